The van der Waals surface area contributed by atoms with Gasteiger partial charge in [-0.3, -0.25) is 4.79 Å². The van der Waals surface area contributed by atoms with E-state index in [1.54, 1.807) is 57.5 Å². The lowest BCUT2D eigenvalue weighted by molar-refractivity contribution is -0.130. The van der Waals surface area contributed by atoms with Gasteiger partial charge in [0.1, 0.15) is 0 Å². The maximum Gasteiger partial charge on any atom is 0.241 e. The average Bonchev–Trinajstić information content (AvgIpc) is 2.91. The largest absolute Gasteiger partial charge is 0.493 e. The van der Waals surface area contributed by atoms with E-state index in [1.165, 1.54) is 0 Å². The van der Waals surface area contributed by atoms with Gasteiger partial charge in [0.05, 0.1) is 26.2 Å². The number of sulfonamides is 1. The number of benzene rings is 3. The summed E-state index contributed by atoms with van der Waals surface area (Å²) in [6.45, 7) is 2.18. The van der Waals surface area contributed by atoms with E-state index in [1.807, 2.05) is 49.4 Å². The van der Waals surface area contributed by atoms with Crippen LogP contribution in [0.4, 0.5) is 0 Å². The van der Waals surface area contributed by atoms with E-state index in [0.717, 1.165) is 16.7 Å². The number of ether oxygens (including phenoxy) is 3. The maximum atomic E-state index is 12.8. The molecule has 0 heterocycles. The second kappa shape index (κ2) is 12.6. The number of amides is 1. The van der Waals surface area contributed by atoms with E-state index < -0.39 is 10.0 Å². The molecule has 0 unspecified atom stereocenters. The van der Waals surface area contributed by atoms with E-state index in [-0.39, 0.29) is 23.3 Å². The van der Waals surface area contributed by atoms with Gasteiger partial charge in [-0.1, -0.05) is 42.5 Å². The van der Waals surface area contributed by atoms with Gasteiger partial charge in [-0.15, -0.1) is 0 Å². The van der Waals surface area contributed by atoms with Gasteiger partial charge < -0.3 is 19.1 Å². The first-order valence-corrected chi connectivity index (χ1v) is 13.4. The summed E-state index contributed by atoms with van der Waals surface area (Å²) in [5, 5.41) is 0. The first-order chi connectivity index (χ1) is 17.7. The Balaban J connectivity index is 1.58. The molecule has 3 aromatic carbocycles. The molecule has 0 radical (unpaired) electrons. The Hall–Kier alpha value is -3.56. The summed E-state index contributed by atoms with van der Waals surface area (Å²) in [4.78, 5) is 14.6. The molecule has 0 aliphatic carbocycles. The van der Waals surface area contributed by atoms with Crippen LogP contribution in [-0.2, 0) is 27.8 Å². The first kappa shape index (κ1) is 28.0. The number of carbonyl (C=O) groups excluding carboxylic acids is 1. The van der Waals surface area contributed by atoms with Crippen molar-refractivity contribution < 1.29 is 27.4 Å². The summed E-state index contributed by atoms with van der Waals surface area (Å²) in [5.74, 6) is 1.52. The van der Waals surface area contributed by atoms with Crippen LogP contribution in [0.2, 0.25) is 0 Å². The number of nitrogens with one attached hydrogen (secondary N) is 1. The summed E-state index contributed by atoms with van der Waals surface area (Å²) in [5.41, 5.74) is 2.61. The van der Waals surface area contributed by atoms with Gasteiger partial charge in [0.25, 0.3) is 0 Å². The zero-order chi connectivity index (χ0) is 27.0. The van der Waals surface area contributed by atoms with Crippen LogP contribution in [0.5, 0.6) is 17.2 Å². The van der Waals surface area contributed by atoms with Crippen molar-refractivity contribution in [3.63, 3.8) is 0 Å². The van der Waals surface area contributed by atoms with Gasteiger partial charge in [0, 0.05) is 26.1 Å². The number of hydrogen-bond acceptors (Lipinski definition) is 6. The standard InChI is InChI=1S/C28H34N2O6S/c1-20(23-9-7-6-8-10-23)29-37(32,33)24-14-11-21(12-15-24)13-16-27(31)30(2)19-22-17-25(34-3)28(36-5)26(18-22)35-4/h6-12,14-15,17-18,20,29H,13,16,19H2,1-5H3/t20-/m1/s1. The Labute approximate surface area is 219 Å². The highest BCUT2D eigenvalue weighted by molar-refractivity contribution is 7.89. The fraction of sp³-hybridized carbons (Fsp3) is 0.321. The third-order valence-corrected chi connectivity index (χ3v) is 7.62. The van der Waals surface area contributed by atoms with Crippen molar-refractivity contribution in [1.82, 2.24) is 9.62 Å². The van der Waals surface area contributed by atoms with Gasteiger partial charge in [0.2, 0.25) is 21.7 Å². The lowest BCUT2D eigenvalue weighted by Crippen LogP contribution is -2.27. The van der Waals surface area contributed by atoms with Crippen LogP contribution >= 0.6 is 0 Å². The molecule has 0 aliphatic heterocycles. The van der Waals surface area contributed by atoms with Crippen molar-refractivity contribution in [2.75, 3.05) is 28.4 Å². The van der Waals surface area contributed by atoms with E-state index in [2.05, 4.69) is 4.72 Å². The van der Waals surface area contributed by atoms with Gasteiger partial charge >= 0.3 is 0 Å². The van der Waals surface area contributed by atoms with Crippen molar-refractivity contribution in [2.45, 2.75) is 37.2 Å². The number of methoxy groups -OCH3 is 3. The quantitative estimate of drug-likeness (QED) is 0.377. The smallest absolute Gasteiger partial charge is 0.241 e. The van der Waals surface area contributed by atoms with Gasteiger partial charge in [-0.2, -0.15) is 0 Å². The molecule has 37 heavy (non-hydrogen) atoms. The lowest BCUT2D eigenvalue weighted by atomic mass is 10.1. The predicted octanol–water partition coefficient (Wildman–Crippen LogP) is 4.34. The van der Waals surface area contributed by atoms with Crippen molar-refractivity contribution in [3.05, 3.63) is 83.4 Å². The second-order valence-electron chi connectivity index (χ2n) is 8.68. The molecule has 9 heteroatoms. The third-order valence-electron chi connectivity index (χ3n) is 6.06. The van der Waals surface area contributed by atoms with Crippen molar-refractivity contribution in [1.29, 1.82) is 0 Å². The summed E-state index contributed by atoms with van der Waals surface area (Å²) in [6.07, 6.45) is 0.781. The number of hydrogen-bond donors (Lipinski definition) is 1. The molecule has 0 bridgehead atoms. The van der Waals surface area contributed by atoms with Crippen LogP contribution in [0.1, 0.15) is 36.1 Å². The molecular formula is C28H34N2O6S. The van der Waals surface area contributed by atoms with Gasteiger partial charge in [-0.25, -0.2) is 13.1 Å². The molecule has 0 saturated carbocycles. The highest BCUT2D eigenvalue weighted by atomic mass is 32.2. The molecule has 0 spiro atoms. The Morgan fingerprint density at radius 3 is 2.03 bits per heavy atom. The molecule has 0 aromatic heterocycles. The van der Waals surface area contributed by atoms with Gasteiger partial charge in [-0.05, 0) is 54.3 Å². The number of carbonyl (C=O) groups is 1. The first-order valence-electron chi connectivity index (χ1n) is 11.9. The molecule has 0 aliphatic rings. The maximum absolute atomic E-state index is 12.8. The molecule has 3 rings (SSSR count). The van der Waals surface area contributed by atoms with E-state index in [9.17, 15) is 13.2 Å². The number of nitrogens with zero attached hydrogens (tertiary/aromatic N) is 1. The van der Waals surface area contributed by atoms with Crippen LogP contribution in [0.3, 0.4) is 0 Å². The molecular weight excluding hydrogens is 492 g/mol. The highest BCUT2D eigenvalue weighted by Crippen LogP contribution is 2.38. The highest BCUT2D eigenvalue weighted by Gasteiger charge is 2.19. The van der Waals surface area contributed by atoms with Crippen LogP contribution in [-0.4, -0.2) is 47.6 Å². The van der Waals surface area contributed by atoms with Crippen LogP contribution in [0.15, 0.2) is 71.6 Å². The molecule has 0 saturated heterocycles. The average molecular weight is 527 g/mol. The van der Waals surface area contributed by atoms with Gasteiger partial charge in [0.15, 0.2) is 11.5 Å². The Morgan fingerprint density at radius 1 is 0.892 bits per heavy atom. The monoisotopic (exact) mass is 526 g/mol. The minimum atomic E-state index is -3.67. The minimum Gasteiger partial charge on any atom is -0.493 e. The normalized spacial score (nSPS) is 12.0. The second-order valence-corrected chi connectivity index (χ2v) is 10.4. The van der Waals surface area contributed by atoms with Crippen molar-refractivity contribution >= 4 is 15.9 Å². The summed E-state index contributed by atoms with van der Waals surface area (Å²) in [7, 11) is 2.70. The zero-order valence-corrected chi connectivity index (χ0v) is 22.7. The lowest BCUT2D eigenvalue weighted by Gasteiger charge is -2.20. The number of aryl methyl sites for hydroxylation is 1. The molecule has 198 valence electrons. The van der Waals surface area contributed by atoms with Crippen LogP contribution < -0.4 is 18.9 Å². The summed E-state index contributed by atoms with van der Waals surface area (Å²) >= 11 is 0. The van der Waals surface area contributed by atoms with E-state index in [0.29, 0.717) is 30.2 Å². The minimum absolute atomic E-state index is 0.0381. The Morgan fingerprint density at radius 2 is 1.49 bits per heavy atom. The number of rotatable bonds is 12. The fourth-order valence-corrected chi connectivity index (χ4v) is 5.21. The SMILES string of the molecule is COc1cc(CN(C)C(=O)CCc2ccc(S(=O)(=O)N[C@H](C)c3ccccc3)cc2)cc(OC)c1OC. The third kappa shape index (κ3) is 7.24. The molecule has 8 nitrogen and oxygen atoms in total. The predicted molar refractivity (Wildman–Crippen MR) is 143 cm³/mol. The van der Waals surface area contributed by atoms with Crippen LogP contribution in [0.25, 0.3) is 0 Å². The molecule has 3 aromatic rings. The molecule has 1 N–H and O–H groups in total. The summed E-state index contributed by atoms with van der Waals surface area (Å²) in [6, 6.07) is 19.3. The zero-order valence-electron chi connectivity index (χ0n) is 21.9. The molecule has 1 amide bonds. The van der Waals surface area contributed by atoms with Crippen molar-refractivity contribution in [3.8, 4) is 17.2 Å². The van der Waals surface area contributed by atoms with E-state index >= 15 is 0 Å². The van der Waals surface area contributed by atoms with E-state index in [4.69, 9.17) is 14.2 Å². The fourth-order valence-electron chi connectivity index (χ4n) is 3.98. The molecule has 1 atom stereocenters. The Kier molecular flexibility index (Phi) is 9.54. The van der Waals surface area contributed by atoms with Crippen LogP contribution in [0, 0.1) is 0 Å². The molecule has 0 fully saturated rings. The Bertz CT molecular complexity index is 1270. The van der Waals surface area contributed by atoms with Crippen molar-refractivity contribution in [2.24, 2.45) is 0 Å². The summed E-state index contributed by atoms with van der Waals surface area (Å²) < 4.78 is 44.4. The topological polar surface area (TPSA) is 94.2 Å².